The molecule has 2 aromatic heterocycles. The minimum Gasteiger partial charge on any atom is -0.310 e. The number of carbonyl (C=O) groups excluding carboxylic acids is 1. The third-order valence-corrected chi connectivity index (χ3v) is 4.99. The summed E-state index contributed by atoms with van der Waals surface area (Å²) in [5, 5.41) is 6.52. The van der Waals surface area contributed by atoms with Crippen molar-refractivity contribution in [2.45, 2.75) is 13.5 Å². The third kappa shape index (κ3) is 4.28. The number of aromatic nitrogens is 1. The molecule has 3 rings (SSSR count). The Kier molecular flexibility index (Phi) is 5.65. The van der Waals surface area contributed by atoms with E-state index >= 15 is 0 Å². The molecule has 2 heterocycles. The van der Waals surface area contributed by atoms with Crippen LogP contribution in [0.25, 0.3) is 0 Å². The Labute approximate surface area is 159 Å². The summed E-state index contributed by atoms with van der Waals surface area (Å²) in [4.78, 5) is 25.8. The number of pyridine rings is 1. The summed E-state index contributed by atoms with van der Waals surface area (Å²) in [6.45, 7) is 2.32. The topological polar surface area (TPSA) is 63.5 Å². The zero-order valence-corrected chi connectivity index (χ0v) is 15.6. The molecule has 0 saturated carbocycles. The molecule has 7 heteroatoms. The Morgan fingerprint density at radius 3 is 2.73 bits per heavy atom. The number of hydrazone groups is 1. The molecule has 1 amide bonds. The summed E-state index contributed by atoms with van der Waals surface area (Å²) in [5.41, 5.74) is 4.08. The molecular formula is C19H16ClN3O2S. The van der Waals surface area contributed by atoms with Gasteiger partial charge in [0.2, 0.25) is 0 Å². The SMILES string of the molecule is Cc1ccsc1/C=N\NC(=O)c1cccn(Cc2ccc(Cl)cc2)c1=O. The molecule has 132 valence electrons. The van der Waals surface area contributed by atoms with Gasteiger partial charge in [-0.05, 0) is 53.8 Å². The second-order valence-electron chi connectivity index (χ2n) is 5.65. The van der Waals surface area contributed by atoms with Gasteiger partial charge in [0.1, 0.15) is 5.56 Å². The first-order chi connectivity index (χ1) is 12.5. The van der Waals surface area contributed by atoms with Gasteiger partial charge in [0.15, 0.2) is 0 Å². The number of hydrogen-bond acceptors (Lipinski definition) is 4. The molecule has 26 heavy (non-hydrogen) atoms. The highest BCUT2D eigenvalue weighted by molar-refractivity contribution is 7.11. The molecule has 1 aromatic carbocycles. The zero-order valence-electron chi connectivity index (χ0n) is 14.0. The van der Waals surface area contributed by atoms with Crippen LogP contribution < -0.4 is 11.0 Å². The molecule has 1 N–H and O–H groups in total. The molecule has 0 aliphatic carbocycles. The van der Waals surface area contributed by atoms with Gasteiger partial charge in [0.25, 0.3) is 11.5 Å². The Balaban J connectivity index is 1.74. The Bertz CT molecular complexity index is 1010. The van der Waals surface area contributed by atoms with Crippen LogP contribution in [0, 0.1) is 6.92 Å². The fourth-order valence-electron chi connectivity index (χ4n) is 2.35. The molecule has 0 atom stereocenters. The van der Waals surface area contributed by atoms with Crippen molar-refractivity contribution in [3.05, 3.63) is 91.0 Å². The lowest BCUT2D eigenvalue weighted by Crippen LogP contribution is -2.30. The first-order valence-electron chi connectivity index (χ1n) is 7.86. The van der Waals surface area contributed by atoms with Gasteiger partial charge in [0, 0.05) is 16.1 Å². The van der Waals surface area contributed by atoms with Crippen LogP contribution in [0.2, 0.25) is 5.02 Å². The van der Waals surface area contributed by atoms with Crippen LogP contribution in [0.3, 0.4) is 0 Å². The van der Waals surface area contributed by atoms with Gasteiger partial charge >= 0.3 is 0 Å². The van der Waals surface area contributed by atoms with Crippen LogP contribution in [0.1, 0.15) is 26.4 Å². The minimum absolute atomic E-state index is 0.0431. The summed E-state index contributed by atoms with van der Waals surface area (Å²) in [7, 11) is 0. The van der Waals surface area contributed by atoms with Crippen molar-refractivity contribution in [3.63, 3.8) is 0 Å². The van der Waals surface area contributed by atoms with E-state index in [1.165, 1.54) is 22.0 Å². The lowest BCUT2D eigenvalue weighted by molar-refractivity contribution is 0.0953. The van der Waals surface area contributed by atoms with Crippen molar-refractivity contribution in [2.24, 2.45) is 5.10 Å². The fourth-order valence-corrected chi connectivity index (χ4v) is 3.26. The lowest BCUT2D eigenvalue weighted by Gasteiger charge is -2.08. The number of carbonyl (C=O) groups is 1. The van der Waals surface area contributed by atoms with E-state index < -0.39 is 5.91 Å². The first-order valence-corrected chi connectivity index (χ1v) is 9.12. The van der Waals surface area contributed by atoms with Crippen molar-refractivity contribution in [2.75, 3.05) is 0 Å². The molecule has 3 aromatic rings. The van der Waals surface area contributed by atoms with E-state index in [-0.39, 0.29) is 11.1 Å². The number of rotatable bonds is 5. The standard InChI is InChI=1S/C19H16ClN3O2S/c1-13-8-10-26-17(13)11-21-22-18(24)16-3-2-9-23(19(16)25)12-14-4-6-15(20)7-5-14/h2-11H,12H2,1H3,(H,22,24)/b21-11-. The van der Waals surface area contributed by atoms with Gasteiger partial charge in [0.05, 0.1) is 12.8 Å². The quantitative estimate of drug-likeness (QED) is 0.537. The highest BCUT2D eigenvalue weighted by atomic mass is 35.5. The fraction of sp³-hybridized carbons (Fsp3) is 0.105. The molecule has 0 unspecified atom stereocenters. The molecule has 0 saturated heterocycles. The highest BCUT2D eigenvalue weighted by Crippen LogP contribution is 2.12. The number of benzene rings is 1. The van der Waals surface area contributed by atoms with Crippen LogP contribution in [0.5, 0.6) is 0 Å². The zero-order chi connectivity index (χ0) is 18.5. The van der Waals surface area contributed by atoms with Gasteiger partial charge in [-0.1, -0.05) is 23.7 Å². The molecule has 0 bridgehead atoms. The van der Waals surface area contributed by atoms with Crippen LogP contribution in [0.4, 0.5) is 0 Å². The number of hydrogen-bond donors (Lipinski definition) is 1. The highest BCUT2D eigenvalue weighted by Gasteiger charge is 2.11. The molecule has 0 radical (unpaired) electrons. The average molecular weight is 386 g/mol. The lowest BCUT2D eigenvalue weighted by atomic mass is 10.2. The van der Waals surface area contributed by atoms with Crippen LogP contribution in [0.15, 0.2) is 63.9 Å². The monoisotopic (exact) mass is 385 g/mol. The Morgan fingerprint density at radius 2 is 2.04 bits per heavy atom. The van der Waals surface area contributed by atoms with E-state index in [0.717, 1.165) is 16.0 Å². The van der Waals surface area contributed by atoms with Crippen molar-refractivity contribution < 1.29 is 4.79 Å². The van der Waals surface area contributed by atoms with E-state index in [9.17, 15) is 9.59 Å². The molecule has 0 fully saturated rings. The normalized spacial score (nSPS) is 11.0. The molecule has 5 nitrogen and oxygen atoms in total. The van der Waals surface area contributed by atoms with Crippen LogP contribution >= 0.6 is 22.9 Å². The number of nitrogens with one attached hydrogen (secondary N) is 1. The second kappa shape index (κ2) is 8.12. The predicted octanol–water partition coefficient (Wildman–Crippen LogP) is 3.68. The van der Waals surface area contributed by atoms with E-state index in [1.54, 1.807) is 30.6 Å². The molecular weight excluding hydrogens is 370 g/mol. The molecule has 0 aliphatic rings. The third-order valence-electron chi connectivity index (χ3n) is 3.78. The van der Waals surface area contributed by atoms with Crippen LogP contribution in [-0.4, -0.2) is 16.7 Å². The number of aryl methyl sites for hydroxylation is 1. The minimum atomic E-state index is -0.536. The number of nitrogens with zero attached hydrogens (tertiary/aromatic N) is 2. The summed E-state index contributed by atoms with van der Waals surface area (Å²) >= 11 is 7.40. The predicted molar refractivity (Wildman–Crippen MR) is 105 cm³/mol. The van der Waals surface area contributed by atoms with Crippen molar-refractivity contribution in [1.82, 2.24) is 9.99 Å². The molecule has 0 spiro atoms. The van der Waals surface area contributed by atoms with E-state index in [4.69, 9.17) is 11.6 Å². The van der Waals surface area contributed by atoms with Gasteiger partial charge < -0.3 is 4.57 Å². The maximum atomic E-state index is 12.6. The summed E-state index contributed by atoms with van der Waals surface area (Å²) in [6.07, 6.45) is 3.22. The van der Waals surface area contributed by atoms with E-state index in [2.05, 4.69) is 10.5 Å². The largest absolute Gasteiger partial charge is 0.310 e. The van der Waals surface area contributed by atoms with Gasteiger partial charge in [-0.25, -0.2) is 5.43 Å². The first kappa shape index (κ1) is 18.1. The summed E-state index contributed by atoms with van der Waals surface area (Å²) in [5.74, 6) is -0.536. The van der Waals surface area contributed by atoms with Crippen LogP contribution in [-0.2, 0) is 6.54 Å². The number of amides is 1. The second-order valence-corrected chi connectivity index (χ2v) is 7.03. The van der Waals surface area contributed by atoms with Gasteiger partial charge in [-0.2, -0.15) is 5.10 Å². The summed E-state index contributed by atoms with van der Waals surface area (Å²) < 4.78 is 1.48. The van der Waals surface area contributed by atoms with Crippen molar-refractivity contribution in [3.8, 4) is 0 Å². The number of thiophene rings is 1. The smallest absolute Gasteiger partial charge is 0.276 e. The van der Waals surface area contributed by atoms with Gasteiger partial charge in [-0.15, -0.1) is 11.3 Å². The summed E-state index contributed by atoms with van der Waals surface area (Å²) in [6, 6.07) is 12.3. The number of halogens is 1. The van der Waals surface area contributed by atoms with Crippen molar-refractivity contribution >= 4 is 35.1 Å². The van der Waals surface area contributed by atoms with E-state index in [0.29, 0.717) is 11.6 Å². The molecule has 0 aliphatic heterocycles. The van der Waals surface area contributed by atoms with Crippen molar-refractivity contribution in [1.29, 1.82) is 0 Å². The average Bonchev–Trinajstić information content (AvgIpc) is 3.03. The maximum Gasteiger partial charge on any atom is 0.276 e. The van der Waals surface area contributed by atoms with Gasteiger partial charge in [-0.3, -0.25) is 9.59 Å². The Hall–Kier alpha value is -2.70. The maximum absolute atomic E-state index is 12.6. The Morgan fingerprint density at radius 1 is 1.27 bits per heavy atom. The van der Waals surface area contributed by atoms with E-state index in [1.807, 2.05) is 30.5 Å².